The minimum absolute atomic E-state index is 0.0242. The number of hydrogen-bond donors (Lipinski definition) is 2. The van der Waals surface area contributed by atoms with Crippen molar-refractivity contribution in [2.75, 3.05) is 13.2 Å². The van der Waals surface area contributed by atoms with E-state index in [-0.39, 0.29) is 24.0 Å². The zero-order chi connectivity index (χ0) is 13.6. The van der Waals surface area contributed by atoms with E-state index in [0.717, 1.165) is 0 Å². The van der Waals surface area contributed by atoms with Crippen LogP contribution in [0.4, 0.5) is 0 Å². The number of sulfonamides is 1. The zero-order valence-corrected chi connectivity index (χ0v) is 11.2. The second-order valence-electron chi connectivity index (χ2n) is 3.64. The second-order valence-corrected chi connectivity index (χ2v) is 5.37. The number of nitrogens with zero attached hydrogens (tertiary/aromatic N) is 1. The number of imidazole rings is 1. The summed E-state index contributed by atoms with van der Waals surface area (Å²) >= 11 is 0. The van der Waals surface area contributed by atoms with Crippen molar-refractivity contribution < 1.29 is 17.9 Å². The molecule has 1 aromatic rings. The fraction of sp³-hybridized carbons (Fsp3) is 0.600. The van der Waals surface area contributed by atoms with Gasteiger partial charge in [-0.05, 0) is 20.3 Å². The van der Waals surface area contributed by atoms with Crippen LogP contribution in [0.1, 0.15) is 25.6 Å². The van der Waals surface area contributed by atoms with E-state index < -0.39 is 10.0 Å². The van der Waals surface area contributed by atoms with Crippen molar-refractivity contribution in [3.8, 4) is 0 Å². The number of hydrogen-bond acceptors (Lipinski definition) is 5. The molecule has 1 rings (SSSR count). The molecule has 2 N–H and O–H groups in total. The van der Waals surface area contributed by atoms with Gasteiger partial charge in [0.1, 0.15) is 5.82 Å². The summed E-state index contributed by atoms with van der Waals surface area (Å²) in [5.41, 5.74) is 0. The van der Waals surface area contributed by atoms with Gasteiger partial charge in [-0.2, -0.15) is 0 Å². The smallest absolute Gasteiger partial charge is 0.305 e. The molecule has 0 atom stereocenters. The van der Waals surface area contributed by atoms with Gasteiger partial charge in [0, 0.05) is 13.0 Å². The Morgan fingerprint density at radius 1 is 1.56 bits per heavy atom. The third kappa shape index (κ3) is 4.46. The quantitative estimate of drug-likeness (QED) is 0.552. The zero-order valence-electron chi connectivity index (χ0n) is 10.4. The molecule has 0 aliphatic carbocycles. The molecule has 1 aromatic heterocycles. The molecular formula is C10H17N3O4S. The Morgan fingerprint density at radius 3 is 2.83 bits per heavy atom. The van der Waals surface area contributed by atoms with E-state index in [1.165, 1.54) is 6.20 Å². The molecule has 0 aliphatic heterocycles. The highest BCUT2D eigenvalue weighted by Gasteiger charge is 2.15. The number of carbonyl (C=O) groups is 1. The Labute approximate surface area is 106 Å². The minimum atomic E-state index is -3.57. The first-order chi connectivity index (χ1) is 8.45. The molecule has 1 heterocycles. The summed E-state index contributed by atoms with van der Waals surface area (Å²) in [6, 6.07) is 0. The van der Waals surface area contributed by atoms with Gasteiger partial charge in [0.05, 0.1) is 12.8 Å². The van der Waals surface area contributed by atoms with E-state index in [0.29, 0.717) is 18.9 Å². The van der Waals surface area contributed by atoms with Gasteiger partial charge in [0.25, 0.3) is 10.0 Å². The molecule has 18 heavy (non-hydrogen) atoms. The third-order valence-corrected chi connectivity index (χ3v) is 3.49. The predicted octanol–water partition coefficient (Wildman–Crippen LogP) is 0.340. The maximum atomic E-state index is 11.7. The fourth-order valence-corrected chi connectivity index (χ4v) is 2.33. The van der Waals surface area contributed by atoms with Gasteiger partial charge in [0.2, 0.25) is 0 Å². The van der Waals surface area contributed by atoms with E-state index >= 15 is 0 Å². The standard InChI is InChI=1S/C10H17N3O4S/c1-3-17-10(14)5-4-6-12-18(15,16)9-7-11-8(2)13-9/h7,12H,3-6H2,1-2H3,(H,11,13). The third-order valence-electron chi connectivity index (χ3n) is 2.12. The number of nitrogens with one attached hydrogen (secondary N) is 2. The van der Waals surface area contributed by atoms with Crippen LogP contribution in [0.2, 0.25) is 0 Å². The van der Waals surface area contributed by atoms with Crippen molar-refractivity contribution in [2.45, 2.75) is 31.7 Å². The highest BCUT2D eigenvalue weighted by atomic mass is 32.2. The van der Waals surface area contributed by atoms with Crippen LogP contribution in [-0.2, 0) is 19.6 Å². The molecule has 0 spiro atoms. The Hall–Kier alpha value is -1.41. The molecule has 0 unspecified atom stereocenters. The molecule has 0 fully saturated rings. The number of aromatic nitrogens is 2. The highest BCUT2D eigenvalue weighted by molar-refractivity contribution is 7.89. The summed E-state index contributed by atoms with van der Waals surface area (Å²) in [5, 5.41) is 0.0242. The number of aromatic amines is 1. The number of H-pyrrole nitrogens is 1. The highest BCUT2D eigenvalue weighted by Crippen LogP contribution is 2.04. The molecule has 8 heteroatoms. The van der Waals surface area contributed by atoms with Crippen LogP contribution in [0.3, 0.4) is 0 Å². The lowest BCUT2D eigenvalue weighted by Gasteiger charge is -2.04. The minimum Gasteiger partial charge on any atom is -0.466 e. The van der Waals surface area contributed by atoms with Crippen LogP contribution in [-0.4, -0.2) is 37.5 Å². The van der Waals surface area contributed by atoms with E-state index in [4.69, 9.17) is 4.74 Å². The lowest BCUT2D eigenvalue weighted by molar-refractivity contribution is -0.143. The number of carbonyl (C=O) groups excluding carboxylic acids is 1. The van der Waals surface area contributed by atoms with Gasteiger partial charge in [-0.15, -0.1) is 0 Å². The molecule has 0 aliphatic rings. The molecule has 7 nitrogen and oxygen atoms in total. The summed E-state index contributed by atoms with van der Waals surface area (Å²) in [5.74, 6) is 0.205. The monoisotopic (exact) mass is 275 g/mol. The predicted molar refractivity (Wildman–Crippen MR) is 64.4 cm³/mol. The summed E-state index contributed by atoms with van der Waals surface area (Å²) in [6.45, 7) is 3.90. The Balaban J connectivity index is 2.37. The summed E-state index contributed by atoms with van der Waals surface area (Å²) in [7, 11) is -3.57. The molecule has 0 aromatic carbocycles. The molecule has 0 radical (unpaired) electrons. The fourth-order valence-electron chi connectivity index (χ4n) is 1.29. The van der Waals surface area contributed by atoms with Gasteiger partial charge in [-0.25, -0.2) is 18.1 Å². The maximum Gasteiger partial charge on any atom is 0.305 e. The van der Waals surface area contributed by atoms with Crippen LogP contribution < -0.4 is 4.72 Å². The number of ether oxygens (including phenoxy) is 1. The lowest BCUT2D eigenvalue weighted by atomic mass is 10.3. The van der Waals surface area contributed by atoms with Crippen LogP contribution in [0, 0.1) is 6.92 Å². The molecule has 0 bridgehead atoms. The number of rotatable bonds is 7. The van der Waals surface area contributed by atoms with Gasteiger partial charge in [-0.1, -0.05) is 0 Å². The van der Waals surface area contributed by atoms with Crippen LogP contribution >= 0.6 is 0 Å². The SMILES string of the molecule is CCOC(=O)CCCNS(=O)(=O)c1cnc(C)[nH]1. The lowest BCUT2D eigenvalue weighted by Crippen LogP contribution is -2.25. The second kappa shape index (κ2) is 6.50. The van der Waals surface area contributed by atoms with E-state index in [1.54, 1.807) is 13.8 Å². The van der Waals surface area contributed by atoms with Crippen molar-refractivity contribution in [3.63, 3.8) is 0 Å². The van der Waals surface area contributed by atoms with Crippen LogP contribution in [0.25, 0.3) is 0 Å². The van der Waals surface area contributed by atoms with E-state index in [9.17, 15) is 13.2 Å². The van der Waals surface area contributed by atoms with Crippen molar-refractivity contribution in [2.24, 2.45) is 0 Å². The largest absolute Gasteiger partial charge is 0.466 e. The average Bonchev–Trinajstić information content (AvgIpc) is 2.72. The first kappa shape index (κ1) is 14.7. The van der Waals surface area contributed by atoms with Crippen molar-refractivity contribution >= 4 is 16.0 Å². The van der Waals surface area contributed by atoms with Crippen LogP contribution in [0.5, 0.6) is 0 Å². The molecular weight excluding hydrogens is 258 g/mol. The van der Waals surface area contributed by atoms with Gasteiger partial charge in [0.15, 0.2) is 5.03 Å². The normalized spacial score (nSPS) is 11.4. The van der Waals surface area contributed by atoms with Crippen molar-refractivity contribution in [1.82, 2.24) is 14.7 Å². The molecule has 0 saturated carbocycles. The Kier molecular flexibility index (Phi) is 5.29. The molecule has 102 valence electrons. The molecule has 0 saturated heterocycles. The Bertz CT molecular complexity index is 495. The van der Waals surface area contributed by atoms with Gasteiger partial charge >= 0.3 is 5.97 Å². The van der Waals surface area contributed by atoms with E-state index in [2.05, 4.69) is 14.7 Å². The number of aryl methyl sites for hydroxylation is 1. The van der Waals surface area contributed by atoms with Crippen molar-refractivity contribution in [1.29, 1.82) is 0 Å². The Morgan fingerprint density at radius 2 is 2.28 bits per heavy atom. The first-order valence-corrected chi connectivity index (χ1v) is 7.11. The molecule has 0 amide bonds. The summed E-state index contributed by atoms with van der Waals surface area (Å²) < 4.78 is 30.5. The maximum absolute atomic E-state index is 11.7. The number of esters is 1. The van der Waals surface area contributed by atoms with Gasteiger partial charge < -0.3 is 9.72 Å². The average molecular weight is 275 g/mol. The van der Waals surface area contributed by atoms with Crippen LogP contribution in [0.15, 0.2) is 11.2 Å². The van der Waals surface area contributed by atoms with E-state index in [1.807, 2.05) is 0 Å². The van der Waals surface area contributed by atoms with Crippen molar-refractivity contribution in [3.05, 3.63) is 12.0 Å². The topological polar surface area (TPSA) is 101 Å². The summed E-state index contributed by atoms with van der Waals surface area (Å²) in [6.07, 6.45) is 1.84. The van der Waals surface area contributed by atoms with Gasteiger partial charge in [-0.3, -0.25) is 4.79 Å². The summed E-state index contributed by atoms with van der Waals surface area (Å²) in [4.78, 5) is 17.5. The first-order valence-electron chi connectivity index (χ1n) is 5.62.